The highest BCUT2D eigenvalue weighted by Gasteiger charge is 2.05. The molecule has 0 amide bonds. The minimum atomic E-state index is -0.0308. The molecule has 0 spiro atoms. The molecule has 3 aromatic rings. The van der Waals surface area contributed by atoms with E-state index >= 15 is 0 Å². The molecule has 19 heavy (non-hydrogen) atoms. The quantitative estimate of drug-likeness (QED) is 0.699. The van der Waals surface area contributed by atoms with Gasteiger partial charge in [-0.25, -0.2) is 0 Å². The first kappa shape index (κ1) is 11.7. The Kier molecular flexibility index (Phi) is 2.71. The molecule has 0 aliphatic carbocycles. The van der Waals surface area contributed by atoms with E-state index in [4.69, 9.17) is 0 Å². The fourth-order valence-electron chi connectivity index (χ4n) is 2.33. The van der Waals surface area contributed by atoms with E-state index in [0.29, 0.717) is 0 Å². The Bertz CT molecular complexity index is 798. The molecule has 94 valence electrons. The third-order valence-corrected chi connectivity index (χ3v) is 3.47. The maximum absolute atomic E-state index is 12.1. The van der Waals surface area contributed by atoms with Crippen LogP contribution < -0.4 is 5.56 Å². The number of aromatic nitrogens is 1. The zero-order valence-electron chi connectivity index (χ0n) is 11.0. The van der Waals surface area contributed by atoms with Crippen LogP contribution in [0.15, 0.2) is 53.3 Å². The maximum atomic E-state index is 12.1. The van der Waals surface area contributed by atoms with Crippen molar-refractivity contribution in [2.45, 2.75) is 13.8 Å². The lowest BCUT2D eigenvalue weighted by Gasteiger charge is -2.06. The van der Waals surface area contributed by atoms with Crippen molar-refractivity contribution < 1.29 is 0 Å². The molecule has 2 heteroatoms. The summed E-state index contributed by atoms with van der Waals surface area (Å²) >= 11 is 0. The Morgan fingerprint density at radius 2 is 1.63 bits per heavy atom. The topological polar surface area (TPSA) is 32.9 Å². The number of pyridine rings is 1. The van der Waals surface area contributed by atoms with Gasteiger partial charge in [-0.1, -0.05) is 42.0 Å². The lowest BCUT2D eigenvalue weighted by Crippen LogP contribution is -2.07. The fourth-order valence-corrected chi connectivity index (χ4v) is 2.33. The second kappa shape index (κ2) is 4.39. The highest BCUT2D eigenvalue weighted by molar-refractivity contribution is 5.87. The van der Waals surface area contributed by atoms with Gasteiger partial charge in [-0.2, -0.15) is 0 Å². The minimum absolute atomic E-state index is 0.0308. The summed E-state index contributed by atoms with van der Waals surface area (Å²) in [6.07, 6.45) is 0. The van der Waals surface area contributed by atoms with E-state index < -0.39 is 0 Å². The molecule has 0 aliphatic rings. The van der Waals surface area contributed by atoms with E-state index in [9.17, 15) is 4.79 Å². The van der Waals surface area contributed by atoms with Gasteiger partial charge >= 0.3 is 0 Å². The van der Waals surface area contributed by atoms with Gasteiger partial charge in [0.1, 0.15) is 0 Å². The molecule has 0 saturated heterocycles. The molecule has 0 atom stereocenters. The second-order valence-electron chi connectivity index (χ2n) is 4.91. The number of hydrogen-bond donors (Lipinski definition) is 1. The van der Waals surface area contributed by atoms with Gasteiger partial charge in [-0.15, -0.1) is 0 Å². The maximum Gasteiger partial charge on any atom is 0.256 e. The van der Waals surface area contributed by atoms with Gasteiger partial charge in [0.2, 0.25) is 0 Å². The van der Waals surface area contributed by atoms with Crippen molar-refractivity contribution in [3.8, 4) is 11.3 Å². The molecule has 0 fully saturated rings. The van der Waals surface area contributed by atoms with Gasteiger partial charge in [0.15, 0.2) is 0 Å². The van der Waals surface area contributed by atoms with Gasteiger partial charge in [-0.3, -0.25) is 4.79 Å². The van der Waals surface area contributed by atoms with Crippen LogP contribution in [0.4, 0.5) is 0 Å². The lowest BCUT2D eigenvalue weighted by atomic mass is 10.0. The lowest BCUT2D eigenvalue weighted by molar-refractivity contribution is 1.27. The summed E-state index contributed by atoms with van der Waals surface area (Å²) in [6.45, 7) is 4.08. The monoisotopic (exact) mass is 249 g/mol. The molecular formula is C17H15NO. The average Bonchev–Trinajstić information content (AvgIpc) is 2.41. The smallest absolute Gasteiger partial charge is 0.256 e. The van der Waals surface area contributed by atoms with Crippen LogP contribution in [0.2, 0.25) is 0 Å². The van der Waals surface area contributed by atoms with Crippen molar-refractivity contribution in [3.05, 3.63) is 70.0 Å². The number of benzene rings is 2. The Hall–Kier alpha value is -2.35. The van der Waals surface area contributed by atoms with Crippen LogP contribution in [-0.2, 0) is 0 Å². The molecule has 2 nitrogen and oxygen atoms in total. The average molecular weight is 249 g/mol. The first-order valence-electron chi connectivity index (χ1n) is 6.35. The molecule has 1 N–H and O–H groups in total. The third kappa shape index (κ3) is 2.06. The fraction of sp³-hybridized carbons (Fsp3) is 0.118. The van der Waals surface area contributed by atoms with Gasteiger partial charge < -0.3 is 4.98 Å². The van der Waals surface area contributed by atoms with Gasteiger partial charge in [0, 0.05) is 11.1 Å². The largest absolute Gasteiger partial charge is 0.321 e. The Morgan fingerprint density at radius 1 is 0.895 bits per heavy atom. The number of fused-ring (bicyclic) bond motifs is 1. The van der Waals surface area contributed by atoms with Crippen molar-refractivity contribution in [3.63, 3.8) is 0 Å². The van der Waals surface area contributed by atoms with Crippen LogP contribution in [0.1, 0.15) is 11.1 Å². The molecule has 2 aromatic carbocycles. The van der Waals surface area contributed by atoms with Crippen molar-refractivity contribution in [1.82, 2.24) is 4.98 Å². The normalized spacial score (nSPS) is 10.8. The first-order valence-corrected chi connectivity index (χ1v) is 6.35. The standard InChI is InChI=1S/C17H15NO/c1-11-6-8-13(9-7-11)16-10-15-12(2)4-3-5-14(15)17(19)18-16/h3-10H,1-2H3,(H,18,19). The Balaban J connectivity index is 2.29. The highest BCUT2D eigenvalue weighted by Crippen LogP contribution is 2.22. The van der Waals surface area contributed by atoms with Gasteiger partial charge in [-0.05, 0) is 42.5 Å². The zero-order valence-corrected chi connectivity index (χ0v) is 11.0. The molecular weight excluding hydrogens is 234 g/mol. The molecule has 0 bridgehead atoms. The molecule has 1 heterocycles. The highest BCUT2D eigenvalue weighted by atomic mass is 16.1. The van der Waals surface area contributed by atoms with Crippen molar-refractivity contribution in [2.75, 3.05) is 0 Å². The van der Waals surface area contributed by atoms with E-state index in [1.165, 1.54) is 5.56 Å². The summed E-state index contributed by atoms with van der Waals surface area (Å²) in [5, 5.41) is 1.76. The summed E-state index contributed by atoms with van der Waals surface area (Å²) in [5.74, 6) is 0. The van der Waals surface area contributed by atoms with E-state index in [0.717, 1.165) is 27.6 Å². The Morgan fingerprint density at radius 3 is 2.37 bits per heavy atom. The number of nitrogens with one attached hydrogen (secondary N) is 1. The number of aromatic amines is 1. The van der Waals surface area contributed by atoms with Crippen molar-refractivity contribution in [2.24, 2.45) is 0 Å². The van der Waals surface area contributed by atoms with Crippen molar-refractivity contribution in [1.29, 1.82) is 0 Å². The van der Waals surface area contributed by atoms with Crippen LogP contribution in [0.3, 0.4) is 0 Å². The molecule has 0 saturated carbocycles. The van der Waals surface area contributed by atoms with Crippen molar-refractivity contribution >= 4 is 10.8 Å². The van der Waals surface area contributed by atoms with E-state index in [1.807, 2.05) is 37.3 Å². The molecule has 0 aliphatic heterocycles. The van der Waals surface area contributed by atoms with Crippen LogP contribution in [0.5, 0.6) is 0 Å². The molecule has 0 unspecified atom stereocenters. The summed E-state index contributed by atoms with van der Waals surface area (Å²) in [6, 6.07) is 16.0. The predicted molar refractivity (Wildman–Crippen MR) is 79.5 cm³/mol. The van der Waals surface area contributed by atoms with Crippen LogP contribution >= 0.6 is 0 Å². The number of hydrogen-bond acceptors (Lipinski definition) is 1. The van der Waals surface area contributed by atoms with Crippen LogP contribution in [0, 0.1) is 13.8 Å². The minimum Gasteiger partial charge on any atom is -0.321 e. The van der Waals surface area contributed by atoms with Gasteiger partial charge in [0.25, 0.3) is 5.56 Å². The SMILES string of the molecule is Cc1ccc(-c2cc3c(C)cccc3c(=O)[nH]2)cc1. The third-order valence-electron chi connectivity index (χ3n) is 3.47. The summed E-state index contributed by atoms with van der Waals surface area (Å²) in [4.78, 5) is 15.1. The van der Waals surface area contributed by atoms with E-state index in [1.54, 1.807) is 0 Å². The number of aryl methyl sites for hydroxylation is 2. The summed E-state index contributed by atoms with van der Waals surface area (Å²) in [5.41, 5.74) is 4.21. The van der Waals surface area contributed by atoms with Crippen LogP contribution in [-0.4, -0.2) is 4.98 Å². The summed E-state index contributed by atoms with van der Waals surface area (Å²) in [7, 11) is 0. The molecule has 0 radical (unpaired) electrons. The van der Waals surface area contributed by atoms with E-state index in [2.05, 4.69) is 30.1 Å². The first-order chi connectivity index (χ1) is 9.15. The molecule has 1 aromatic heterocycles. The van der Waals surface area contributed by atoms with E-state index in [-0.39, 0.29) is 5.56 Å². The molecule has 3 rings (SSSR count). The van der Waals surface area contributed by atoms with Gasteiger partial charge in [0.05, 0.1) is 0 Å². The van der Waals surface area contributed by atoms with Crippen LogP contribution in [0.25, 0.3) is 22.0 Å². The predicted octanol–water partition coefficient (Wildman–Crippen LogP) is 3.81. The number of rotatable bonds is 1. The Labute approximate surface area is 111 Å². The summed E-state index contributed by atoms with van der Waals surface area (Å²) < 4.78 is 0. The zero-order chi connectivity index (χ0) is 13.4. The second-order valence-corrected chi connectivity index (χ2v) is 4.91. The number of H-pyrrole nitrogens is 1.